The van der Waals surface area contributed by atoms with Crippen LogP contribution in [0.3, 0.4) is 0 Å². The fourth-order valence-electron chi connectivity index (χ4n) is 2.66. The number of rotatable bonds is 6. The second-order valence-electron chi connectivity index (χ2n) is 5.70. The van der Waals surface area contributed by atoms with E-state index in [9.17, 15) is 0 Å². The van der Waals surface area contributed by atoms with Gasteiger partial charge >= 0.3 is 0 Å². The predicted octanol–water partition coefficient (Wildman–Crippen LogP) is 1.83. The number of hydrogen-bond donors (Lipinski definition) is 1. The second-order valence-corrected chi connectivity index (χ2v) is 5.70. The number of aryl methyl sites for hydroxylation is 1. The fourth-order valence-corrected chi connectivity index (χ4v) is 2.66. The first-order valence-corrected chi connectivity index (χ1v) is 7.46. The second kappa shape index (κ2) is 7.01. The van der Waals surface area contributed by atoms with Gasteiger partial charge in [-0.2, -0.15) is 4.98 Å². The maximum Gasteiger partial charge on any atom is 0.240 e. The molecule has 2 rings (SSSR count). The molecule has 2 N–H and O–H groups in total. The molecule has 1 aliphatic rings. The number of nitrogens with zero attached hydrogens (tertiary/aromatic N) is 3. The Morgan fingerprint density at radius 3 is 3.05 bits per heavy atom. The Morgan fingerprint density at radius 2 is 2.32 bits per heavy atom. The van der Waals surface area contributed by atoms with E-state index in [0.29, 0.717) is 5.92 Å². The Labute approximate surface area is 115 Å². The maximum absolute atomic E-state index is 5.83. The fraction of sp³-hybridized carbons (Fsp3) is 0.857. The zero-order chi connectivity index (χ0) is 13.7. The Hall–Kier alpha value is -0.940. The molecule has 2 heterocycles. The van der Waals surface area contributed by atoms with E-state index in [1.54, 1.807) is 0 Å². The van der Waals surface area contributed by atoms with Crippen LogP contribution in [0.5, 0.6) is 0 Å². The maximum atomic E-state index is 5.83. The van der Waals surface area contributed by atoms with Gasteiger partial charge in [0.15, 0.2) is 5.82 Å². The zero-order valence-corrected chi connectivity index (χ0v) is 12.1. The minimum absolute atomic E-state index is 0.594. The molecule has 5 heteroatoms. The first-order valence-electron chi connectivity index (χ1n) is 7.46. The van der Waals surface area contributed by atoms with Gasteiger partial charge in [0.05, 0.1) is 6.54 Å². The number of aromatic nitrogens is 2. The summed E-state index contributed by atoms with van der Waals surface area (Å²) in [6.45, 7) is 8.15. The van der Waals surface area contributed by atoms with Gasteiger partial charge in [0.1, 0.15) is 0 Å². The van der Waals surface area contributed by atoms with E-state index in [-0.39, 0.29) is 0 Å². The molecule has 0 bridgehead atoms. The molecule has 19 heavy (non-hydrogen) atoms. The summed E-state index contributed by atoms with van der Waals surface area (Å²) in [5.41, 5.74) is 5.83. The van der Waals surface area contributed by atoms with Gasteiger partial charge in [0.2, 0.25) is 5.89 Å². The number of piperidine rings is 1. The van der Waals surface area contributed by atoms with Crippen molar-refractivity contribution >= 4 is 0 Å². The van der Waals surface area contributed by atoms with Crippen LogP contribution in [0.1, 0.15) is 44.8 Å². The van der Waals surface area contributed by atoms with Crippen LogP contribution in [0.2, 0.25) is 0 Å². The van der Waals surface area contributed by atoms with Crippen molar-refractivity contribution in [1.82, 2.24) is 15.0 Å². The van der Waals surface area contributed by atoms with Crippen molar-refractivity contribution in [2.45, 2.75) is 46.1 Å². The minimum atomic E-state index is 0.594. The molecule has 0 aromatic carbocycles. The van der Waals surface area contributed by atoms with Crippen LogP contribution in [-0.2, 0) is 13.0 Å². The van der Waals surface area contributed by atoms with Gasteiger partial charge < -0.3 is 10.3 Å². The molecular formula is C14H26N4O. The molecule has 0 spiro atoms. The molecule has 1 saturated heterocycles. The lowest BCUT2D eigenvalue weighted by Crippen LogP contribution is -2.42. The van der Waals surface area contributed by atoms with Gasteiger partial charge in [-0.1, -0.05) is 25.4 Å². The van der Waals surface area contributed by atoms with Crippen molar-refractivity contribution < 1.29 is 4.52 Å². The van der Waals surface area contributed by atoms with E-state index in [1.165, 1.54) is 6.42 Å². The molecule has 0 aliphatic carbocycles. The Kier molecular flexibility index (Phi) is 5.34. The molecular weight excluding hydrogens is 240 g/mol. The monoisotopic (exact) mass is 266 g/mol. The third-order valence-corrected chi connectivity index (χ3v) is 4.12. The average molecular weight is 266 g/mol. The van der Waals surface area contributed by atoms with Crippen LogP contribution in [0.25, 0.3) is 0 Å². The smallest absolute Gasteiger partial charge is 0.240 e. The lowest BCUT2D eigenvalue weighted by molar-refractivity contribution is 0.114. The first kappa shape index (κ1) is 14.5. The highest BCUT2D eigenvalue weighted by atomic mass is 16.5. The SMILES string of the molecule is CCCCc1noc(CN2CCC(C)C(CN)C2)n1. The third-order valence-electron chi connectivity index (χ3n) is 4.12. The molecule has 1 aromatic heterocycles. The topological polar surface area (TPSA) is 68.2 Å². The van der Waals surface area contributed by atoms with E-state index in [4.69, 9.17) is 10.3 Å². The van der Waals surface area contributed by atoms with Gasteiger partial charge in [-0.15, -0.1) is 0 Å². The Bertz CT molecular complexity index is 379. The Morgan fingerprint density at radius 1 is 1.47 bits per heavy atom. The molecule has 1 aromatic rings. The summed E-state index contributed by atoms with van der Waals surface area (Å²) < 4.78 is 5.33. The zero-order valence-electron chi connectivity index (χ0n) is 12.1. The highest BCUT2D eigenvalue weighted by molar-refractivity contribution is 4.88. The first-order chi connectivity index (χ1) is 9.22. The van der Waals surface area contributed by atoms with E-state index < -0.39 is 0 Å². The van der Waals surface area contributed by atoms with Crippen molar-refractivity contribution in [3.8, 4) is 0 Å². The Balaban J connectivity index is 1.85. The van der Waals surface area contributed by atoms with Crippen molar-refractivity contribution in [1.29, 1.82) is 0 Å². The number of likely N-dealkylation sites (tertiary alicyclic amines) is 1. The minimum Gasteiger partial charge on any atom is -0.338 e. The van der Waals surface area contributed by atoms with Crippen LogP contribution in [0.15, 0.2) is 4.52 Å². The number of unbranched alkanes of at least 4 members (excludes halogenated alkanes) is 1. The quantitative estimate of drug-likeness (QED) is 0.850. The molecule has 1 fully saturated rings. The summed E-state index contributed by atoms with van der Waals surface area (Å²) in [5, 5.41) is 4.04. The van der Waals surface area contributed by atoms with Crippen molar-refractivity contribution in [2.75, 3.05) is 19.6 Å². The van der Waals surface area contributed by atoms with E-state index >= 15 is 0 Å². The van der Waals surface area contributed by atoms with Gasteiger partial charge in [-0.05, 0) is 37.8 Å². The van der Waals surface area contributed by atoms with Crippen LogP contribution < -0.4 is 5.73 Å². The number of hydrogen-bond acceptors (Lipinski definition) is 5. The molecule has 0 saturated carbocycles. The van der Waals surface area contributed by atoms with Crippen LogP contribution >= 0.6 is 0 Å². The van der Waals surface area contributed by atoms with Crippen LogP contribution in [0.4, 0.5) is 0 Å². The molecule has 2 atom stereocenters. The summed E-state index contributed by atoms with van der Waals surface area (Å²) in [6, 6.07) is 0. The molecule has 5 nitrogen and oxygen atoms in total. The highest BCUT2D eigenvalue weighted by Crippen LogP contribution is 2.23. The largest absolute Gasteiger partial charge is 0.338 e. The standard InChI is InChI=1S/C14H26N4O/c1-3-4-5-13-16-14(19-17-13)10-18-7-6-11(2)12(8-15)9-18/h11-12H,3-10,15H2,1-2H3. The summed E-state index contributed by atoms with van der Waals surface area (Å²) in [7, 11) is 0. The molecule has 2 unspecified atom stereocenters. The highest BCUT2D eigenvalue weighted by Gasteiger charge is 2.26. The van der Waals surface area contributed by atoms with Crippen molar-refractivity contribution in [3.63, 3.8) is 0 Å². The average Bonchev–Trinajstić information content (AvgIpc) is 2.86. The molecule has 0 radical (unpaired) electrons. The predicted molar refractivity (Wildman–Crippen MR) is 74.5 cm³/mol. The molecule has 108 valence electrons. The van der Waals surface area contributed by atoms with Gasteiger partial charge in [0, 0.05) is 13.0 Å². The number of nitrogens with two attached hydrogens (primary N) is 1. The van der Waals surface area contributed by atoms with Gasteiger partial charge in [0.25, 0.3) is 0 Å². The van der Waals surface area contributed by atoms with Crippen LogP contribution in [-0.4, -0.2) is 34.7 Å². The summed E-state index contributed by atoms with van der Waals surface area (Å²) >= 11 is 0. The van der Waals surface area contributed by atoms with Gasteiger partial charge in [-0.3, -0.25) is 4.90 Å². The summed E-state index contributed by atoms with van der Waals surface area (Å²) in [5.74, 6) is 2.91. The lowest BCUT2D eigenvalue weighted by Gasteiger charge is -2.35. The van der Waals surface area contributed by atoms with E-state index in [2.05, 4.69) is 28.9 Å². The van der Waals surface area contributed by atoms with Crippen LogP contribution in [0, 0.1) is 11.8 Å². The molecule has 0 amide bonds. The summed E-state index contributed by atoms with van der Waals surface area (Å²) in [4.78, 5) is 6.84. The van der Waals surface area contributed by atoms with E-state index in [0.717, 1.165) is 63.1 Å². The van der Waals surface area contributed by atoms with E-state index in [1.807, 2.05) is 0 Å². The van der Waals surface area contributed by atoms with Crippen molar-refractivity contribution in [2.24, 2.45) is 17.6 Å². The lowest BCUT2D eigenvalue weighted by atomic mass is 9.87. The normalized spacial score (nSPS) is 24.8. The summed E-state index contributed by atoms with van der Waals surface area (Å²) in [6.07, 6.45) is 4.41. The molecule has 1 aliphatic heterocycles. The third kappa shape index (κ3) is 4.01. The van der Waals surface area contributed by atoms with Gasteiger partial charge in [-0.25, -0.2) is 0 Å². The van der Waals surface area contributed by atoms with Crippen molar-refractivity contribution in [3.05, 3.63) is 11.7 Å².